The second-order valence-electron chi connectivity index (χ2n) is 4.85. The molecule has 2 N–H and O–H groups in total. The molecular formula is C14H11F5N4O2. The summed E-state index contributed by atoms with van der Waals surface area (Å²) in [5, 5.41) is 6.95. The minimum Gasteiger partial charge on any atom is -0.307 e. The summed E-state index contributed by atoms with van der Waals surface area (Å²) in [7, 11) is 1.29. The van der Waals surface area contributed by atoms with Crippen LogP contribution in [-0.4, -0.2) is 21.7 Å². The lowest BCUT2D eigenvalue weighted by Gasteiger charge is -2.13. The van der Waals surface area contributed by atoms with Crippen LogP contribution in [0.25, 0.3) is 0 Å². The van der Waals surface area contributed by atoms with E-state index in [2.05, 4.69) is 5.10 Å². The highest BCUT2D eigenvalue weighted by Crippen LogP contribution is 2.34. The Kier molecular flexibility index (Phi) is 5.04. The van der Waals surface area contributed by atoms with Crippen LogP contribution in [0, 0.1) is 0 Å². The van der Waals surface area contributed by atoms with Crippen molar-refractivity contribution in [3.63, 3.8) is 0 Å². The van der Waals surface area contributed by atoms with Crippen LogP contribution in [0.2, 0.25) is 0 Å². The molecule has 11 heteroatoms. The van der Waals surface area contributed by atoms with Gasteiger partial charge in [0.1, 0.15) is 5.69 Å². The molecule has 0 saturated heterocycles. The number of urea groups is 1. The van der Waals surface area contributed by atoms with E-state index in [1.54, 1.807) is 5.32 Å². The van der Waals surface area contributed by atoms with Crippen LogP contribution in [0.4, 0.5) is 32.4 Å². The number of para-hydroxylation sites is 1. The average molecular weight is 362 g/mol. The molecule has 0 aliphatic rings. The zero-order chi connectivity index (χ0) is 18.8. The van der Waals surface area contributed by atoms with Crippen molar-refractivity contribution in [2.75, 3.05) is 5.32 Å². The Balaban J connectivity index is 2.15. The van der Waals surface area contributed by atoms with Crippen LogP contribution in [0.15, 0.2) is 30.5 Å². The van der Waals surface area contributed by atoms with Crippen molar-refractivity contribution in [2.24, 2.45) is 7.05 Å². The van der Waals surface area contributed by atoms with Crippen LogP contribution in [0.1, 0.15) is 28.0 Å². The molecule has 3 amide bonds. The summed E-state index contributed by atoms with van der Waals surface area (Å²) in [4.78, 5) is 23.6. The lowest BCUT2D eigenvalue weighted by atomic mass is 10.1. The van der Waals surface area contributed by atoms with E-state index in [0.717, 1.165) is 29.1 Å². The SMILES string of the molecule is Cn1cc(C(=O)NC(=O)Nc2ccccc2C(F)(F)F)c(C(F)F)n1. The average Bonchev–Trinajstić information content (AvgIpc) is 2.89. The fourth-order valence-corrected chi connectivity index (χ4v) is 2.01. The van der Waals surface area contributed by atoms with Gasteiger partial charge >= 0.3 is 12.2 Å². The van der Waals surface area contributed by atoms with Gasteiger partial charge in [0.25, 0.3) is 12.3 Å². The summed E-state index contributed by atoms with van der Waals surface area (Å²) in [5.74, 6) is -1.22. The topological polar surface area (TPSA) is 76.0 Å². The summed E-state index contributed by atoms with van der Waals surface area (Å²) >= 11 is 0. The lowest BCUT2D eigenvalue weighted by Crippen LogP contribution is -2.35. The van der Waals surface area contributed by atoms with Gasteiger partial charge in [-0.25, -0.2) is 13.6 Å². The van der Waals surface area contributed by atoms with Crippen molar-refractivity contribution < 1.29 is 31.5 Å². The van der Waals surface area contributed by atoms with Crippen molar-refractivity contribution in [1.29, 1.82) is 0 Å². The quantitative estimate of drug-likeness (QED) is 0.823. The number of aromatic nitrogens is 2. The van der Waals surface area contributed by atoms with Crippen LogP contribution >= 0.6 is 0 Å². The molecule has 0 bridgehead atoms. The van der Waals surface area contributed by atoms with Gasteiger partial charge in [-0.3, -0.25) is 14.8 Å². The summed E-state index contributed by atoms with van der Waals surface area (Å²) in [6.07, 6.45) is -6.82. The summed E-state index contributed by atoms with van der Waals surface area (Å²) in [6, 6.07) is 2.81. The van der Waals surface area contributed by atoms with Gasteiger partial charge in [-0.15, -0.1) is 0 Å². The van der Waals surface area contributed by atoms with Gasteiger partial charge in [0.05, 0.1) is 16.8 Å². The maximum atomic E-state index is 12.8. The standard InChI is InChI=1S/C14H11F5N4O2/c1-23-6-7(10(22-23)11(15)16)12(24)21-13(25)20-9-5-3-2-4-8(9)14(17,18)19/h2-6,11H,1H3,(H2,20,21,24,25). The molecule has 0 unspecified atom stereocenters. The predicted octanol–water partition coefficient (Wildman–Crippen LogP) is 3.34. The molecule has 1 heterocycles. The second kappa shape index (κ2) is 6.87. The Morgan fingerprint density at radius 3 is 2.44 bits per heavy atom. The van der Waals surface area contributed by atoms with Crippen LogP contribution < -0.4 is 10.6 Å². The van der Waals surface area contributed by atoms with E-state index < -0.39 is 47.0 Å². The van der Waals surface area contributed by atoms with E-state index in [0.29, 0.717) is 0 Å². The first kappa shape index (κ1) is 18.4. The van der Waals surface area contributed by atoms with Crippen molar-refractivity contribution >= 4 is 17.6 Å². The molecule has 0 spiro atoms. The zero-order valence-electron chi connectivity index (χ0n) is 12.6. The molecule has 0 radical (unpaired) electrons. The Hall–Kier alpha value is -2.98. The highest BCUT2D eigenvalue weighted by atomic mass is 19.4. The number of aryl methyl sites for hydroxylation is 1. The molecule has 1 aromatic carbocycles. The largest absolute Gasteiger partial charge is 0.418 e. The molecule has 1 aromatic heterocycles. The first-order valence-electron chi connectivity index (χ1n) is 6.70. The molecule has 25 heavy (non-hydrogen) atoms. The van der Waals surface area contributed by atoms with Crippen molar-refractivity contribution in [2.45, 2.75) is 12.6 Å². The third kappa shape index (κ3) is 4.31. The molecule has 0 aliphatic heterocycles. The summed E-state index contributed by atoms with van der Waals surface area (Å²) in [6.45, 7) is 0. The predicted molar refractivity (Wildman–Crippen MR) is 76.1 cm³/mol. The molecule has 0 fully saturated rings. The summed E-state index contributed by atoms with van der Waals surface area (Å²) < 4.78 is 65.0. The number of imide groups is 1. The number of benzene rings is 1. The maximum absolute atomic E-state index is 12.8. The number of hydrogen-bond donors (Lipinski definition) is 2. The number of nitrogens with zero attached hydrogens (tertiary/aromatic N) is 2. The minimum absolute atomic E-state index is 0.559. The van der Waals surface area contributed by atoms with Gasteiger partial charge in [-0.05, 0) is 12.1 Å². The highest BCUT2D eigenvalue weighted by Gasteiger charge is 2.33. The van der Waals surface area contributed by atoms with E-state index in [9.17, 15) is 31.5 Å². The van der Waals surface area contributed by atoms with Gasteiger partial charge < -0.3 is 5.32 Å². The van der Waals surface area contributed by atoms with E-state index >= 15 is 0 Å². The maximum Gasteiger partial charge on any atom is 0.418 e. The third-order valence-corrected chi connectivity index (χ3v) is 3.02. The van der Waals surface area contributed by atoms with E-state index in [-0.39, 0.29) is 0 Å². The second-order valence-corrected chi connectivity index (χ2v) is 4.85. The fraction of sp³-hybridized carbons (Fsp3) is 0.214. The monoisotopic (exact) mass is 362 g/mol. The van der Waals surface area contributed by atoms with Crippen LogP contribution in [-0.2, 0) is 13.2 Å². The number of carbonyl (C=O) groups is 2. The summed E-state index contributed by atoms with van der Waals surface area (Å²) in [5.41, 5.74) is -3.10. The van der Waals surface area contributed by atoms with Gasteiger partial charge in [-0.1, -0.05) is 12.1 Å². The van der Waals surface area contributed by atoms with Gasteiger partial charge in [0, 0.05) is 13.2 Å². The number of carbonyl (C=O) groups excluding carboxylic acids is 2. The Labute approximate surface area is 137 Å². The molecular weight excluding hydrogens is 351 g/mol. The zero-order valence-corrected chi connectivity index (χ0v) is 12.6. The molecule has 134 valence electrons. The first-order valence-corrected chi connectivity index (χ1v) is 6.70. The highest BCUT2D eigenvalue weighted by molar-refractivity contribution is 6.08. The number of alkyl halides is 5. The van der Waals surface area contributed by atoms with Gasteiger partial charge in [0.15, 0.2) is 0 Å². The fourth-order valence-electron chi connectivity index (χ4n) is 2.01. The number of rotatable bonds is 3. The number of halogens is 5. The molecule has 6 nitrogen and oxygen atoms in total. The molecule has 2 aromatic rings. The van der Waals surface area contributed by atoms with E-state index in [4.69, 9.17) is 0 Å². The molecule has 0 aliphatic carbocycles. The number of anilines is 1. The molecule has 2 rings (SSSR count). The van der Waals surface area contributed by atoms with Crippen molar-refractivity contribution in [3.8, 4) is 0 Å². The normalized spacial score (nSPS) is 11.5. The lowest BCUT2D eigenvalue weighted by molar-refractivity contribution is -0.136. The number of hydrogen-bond acceptors (Lipinski definition) is 3. The third-order valence-electron chi connectivity index (χ3n) is 3.02. The number of nitrogens with one attached hydrogen (secondary N) is 2. The van der Waals surface area contributed by atoms with Crippen LogP contribution in [0.3, 0.4) is 0 Å². The van der Waals surface area contributed by atoms with Gasteiger partial charge in [-0.2, -0.15) is 18.3 Å². The molecule has 0 atom stereocenters. The Bertz CT molecular complexity index is 801. The van der Waals surface area contributed by atoms with Crippen LogP contribution in [0.5, 0.6) is 0 Å². The first-order chi connectivity index (χ1) is 11.6. The van der Waals surface area contributed by atoms with E-state index in [1.165, 1.54) is 13.1 Å². The Morgan fingerprint density at radius 2 is 1.84 bits per heavy atom. The molecule has 0 saturated carbocycles. The van der Waals surface area contributed by atoms with E-state index in [1.807, 2.05) is 5.32 Å². The number of amides is 3. The minimum atomic E-state index is -4.72. The van der Waals surface area contributed by atoms with Crippen molar-refractivity contribution in [1.82, 2.24) is 15.1 Å². The Morgan fingerprint density at radius 1 is 1.20 bits per heavy atom. The van der Waals surface area contributed by atoms with Gasteiger partial charge in [0.2, 0.25) is 0 Å². The van der Waals surface area contributed by atoms with Crippen molar-refractivity contribution in [3.05, 3.63) is 47.3 Å². The smallest absolute Gasteiger partial charge is 0.307 e.